The van der Waals surface area contributed by atoms with Gasteiger partial charge in [-0.3, -0.25) is 0 Å². The van der Waals surface area contributed by atoms with Crippen LogP contribution < -0.4 is 9.47 Å². The number of aromatic nitrogens is 2. The number of rotatable bonds is 3. The highest BCUT2D eigenvalue weighted by atomic mass is 35.5. The van der Waals surface area contributed by atoms with E-state index in [4.69, 9.17) is 21.1 Å². The van der Waals surface area contributed by atoms with E-state index in [9.17, 15) is 0 Å². The summed E-state index contributed by atoms with van der Waals surface area (Å²) in [4.78, 5) is 7.88. The molecule has 2 aromatic rings. The molecule has 0 unspecified atom stereocenters. The molecule has 88 valence electrons. The lowest BCUT2D eigenvalue weighted by Crippen LogP contribution is -1.94. The van der Waals surface area contributed by atoms with Crippen LogP contribution in [0.2, 0.25) is 5.15 Å². The van der Waals surface area contributed by atoms with Gasteiger partial charge in [-0.05, 0) is 24.6 Å². The zero-order chi connectivity index (χ0) is 12.3. The minimum atomic E-state index is 0.218. The standard InChI is InChI=1S/C12H11ClN2O2/c1-8-3-4-9(10(7-8)16-2)17-12-11(13)14-5-6-15-12/h3-7H,1-2H3. The van der Waals surface area contributed by atoms with E-state index < -0.39 is 0 Å². The first-order valence-electron chi connectivity index (χ1n) is 4.99. The topological polar surface area (TPSA) is 44.2 Å². The molecular weight excluding hydrogens is 240 g/mol. The lowest BCUT2D eigenvalue weighted by Gasteiger charge is -2.10. The molecule has 0 amide bonds. The molecule has 1 aromatic carbocycles. The van der Waals surface area contributed by atoms with Gasteiger partial charge in [0.1, 0.15) is 0 Å². The van der Waals surface area contributed by atoms with Crippen molar-refractivity contribution in [1.82, 2.24) is 9.97 Å². The van der Waals surface area contributed by atoms with Crippen molar-refractivity contribution < 1.29 is 9.47 Å². The molecule has 0 saturated carbocycles. The lowest BCUT2D eigenvalue weighted by atomic mass is 10.2. The maximum Gasteiger partial charge on any atom is 0.257 e. The van der Waals surface area contributed by atoms with E-state index in [1.165, 1.54) is 12.4 Å². The number of nitrogens with zero attached hydrogens (tertiary/aromatic N) is 2. The molecule has 2 rings (SSSR count). The number of benzene rings is 1. The van der Waals surface area contributed by atoms with Crippen molar-refractivity contribution in [3.05, 3.63) is 41.3 Å². The Hall–Kier alpha value is -1.81. The van der Waals surface area contributed by atoms with Crippen molar-refractivity contribution in [2.24, 2.45) is 0 Å². The van der Waals surface area contributed by atoms with E-state index in [1.54, 1.807) is 13.2 Å². The Kier molecular flexibility index (Phi) is 3.44. The number of aryl methyl sites for hydroxylation is 1. The molecule has 1 aromatic heterocycles. The molecule has 0 N–H and O–H groups in total. The van der Waals surface area contributed by atoms with Crippen molar-refractivity contribution in [3.8, 4) is 17.4 Å². The molecule has 0 radical (unpaired) electrons. The summed E-state index contributed by atoms with van der Waals surface area (Å²) in [5, 5.41) is 0.218. The maximum absolute atomic E-state index is 5.86. The van der Waals surface area contributed by atoms with Crippen LogP contribution in [0.3, 0.4) is 0 Å². The summed E-state index contributed by atoms with van der Waals surface area (Å²) in [5.41, 5.74) is 1.08. The molecule has 0 spiro atoms. The van der Waals surface area contributed by atoms with Gasteiger partial charge in [0.05, 0.1) is 7.11 Å². The summed E-state index contributed by atoms with van der Waals surface area (Å²) in [6, 6.07) is 5.60. The van der Waals surface area contributed by atoms with Gasteiger partial charge in [0.25, 0.3) is 5.88 Å². The Bertz CT molecular complexity index is 532. The summed E-state index contributed by atoms with van der Waals surface area (Å²) >= 11 is 5.86. The van der Waals surface area contributed by atoms with Crippen molar-refractivity contribution >= 4 is 11.6 Å². The second kappa shape index (κ2) is 5.01. The third kappa shape index (κ3) is 2.65. The first-order chi connectivity index (χ1) is 8.20. The van der Waals surface area contributed by atoms with Gasteiger partial charge in [-0.1, -0.05) is 17.7 Å². The molecule has 0 aliphatic carbocycles. The normalized spacial score (nSPS) is 10.1. The predicted molar refractivity (Wildman–Crippen MR) is 64.8 cm³/mol. The third-order valence-corrected chi connectivity index (χ3v) is 2.41. The monoisotopic (exact) mass is 250 g/mol. The first kappa shape index (κ1) is 11.7. The van der Waals surface area contributed by atoms with Gasteiger partial charge in [0.15, 0.2) is 16.7 Å². The fraction of sp³-hybridized carbons (Fsp3) is 0.167. The van der Waals surface area contributed by atoms with Crippen LogP contribution in [0.5, 0.6) is 17.4 Å². The third-order valence-electron chi connectivity index (χ3n) is 2.15. The van der Waals surface area contributed by atoms with Crippen LogP contribution in [-0.4, -0.2) is 17.1 Å². The van der Waals surface area contributed by atoms with Crippen LogP contribution in [0.15, 0.2) is 30.6 Å². The Morgan fingerprint density at radius 2 is 1.88 bits per heavy atom. The fourth-order valence-corrected chi connectivity index (χ4v) is 1.48. The van der Waals surface area contributed by atoms with Gasteiger partial charge in [-0.25, -0.2) is 9.97 Å². The molecule has 17 heavy (non-hydrogen) atoms. The van der Waals surface area contributed by atoms with Crippen LogP contribution in [0.25, 0.3) is 0 Å². The minimum Gasteiger partial charge on any atom is -0.493 e. The Morgan fingerprint density at radius 3 is 2.59 bits per heavy atom. The predicted octanol–water partition coefficient (Wildman–Crippen LogP) is 3.24. The summed E-state index contributed by atoms with van der Waals surface area (Å²) < 4.78 is 10.8. The van der Waals surface area contributed by atoms with Crippen molar-refractivity contribution in [2.75, 3.05) is 7.11 Å². The number of hydrogen-bond acceptors (Lipinski definition) is 4. The van der Waals surface area contributed by atoms with Gasteiger partial charge in [-0.15, -0.1) is 0 Å². The molecule has 0 saturated heterocycles. The van der Waals surface area contributed by atoms with Crippen molar-refractivity contribution in [1.29, 1.82) is 0 Å². The zero-order valence-electron chi connectivity index (χ0n) is 9.48. The number of ether oxygens (including phenoxy) is 2. The summed E-state index contributed by atoms with van der Waals surface area (Å²) in [7, 11) is 1.58. The van der Waals surface area contributed by atoms with Crippen molar-refractivity contribution in [2.45, 2.75) is 6.92 Å². The van der Waals surface area contributed by atoms with Gasteiger partial charge >= 0.3 is 0 Å². The Morgan fingerprint density at radius 1 is 1.12 bits per heavy atom. The largest absolute Gasteiger partial charge is 0.493 e. The quantitative estimate of drug-likeness (QED) is 0.839. The Balaban J connectivity index is 2.33. The van der Waals surface area contributed by atoms with Gasteiger partial charge in [0, 0.05) is 12.4 Å². The molecule has 0 aliphatic rings. The summed E-state index contributed by atoms with van der Waals surface area (Å²) in [5.74, 6) is 1.45. The van der Waals surface area contributed by atoms with Gasteiger partial charge in [0.2, 0.25) is 0 Å². The first-order valence-corrected chi connectivity index (χ1v) is 5.37. The molecule has 0 atom stereocenters. The Labute approximate surface area is 104 Å². The van der Waals surface area contributed by atoms with E-state index in [1.807, 2.05) is 19.1 Å². The highest BCUT2D eigenvalue weighted by molar-refractivity contribution is 6.30. The van der Waals surface area contributed by atoms with Gasteiger partial charge in [-0.2, -0.15) is 0 Å². The summed E-state index contributed by atoms with van der Waals surface area (Å²) in [6.07, 6.45) is 3.02. The van der Waals surface area contributed by atoms with Crippen LogP contribution in [0, 0.1) is 6.92 Å². The maximum atomic E-state index is 5.86. The van der Waals surface area contributed by atoms with E-state index in [2.05, 4.69) is 9.97 Å². The molecule has 0 aliphatic heterocycles. The molecular formula is C12H11ClN2O2. The second-order valence-electron chi connectivity index (χ2n) is 3.41. The highest BCUT2D eigenvalue weighted by Crippen LogP contribution is 2.33. The molecule has 5 heteroatoms. The SMILES string of the molecule is COc1cc(C)ccc1Oc1nccnc1Cl. The highest BCUT2D eigenvalue weighted by Gasteiger charge is 2.09. The van der Waals surface area contributed by atoms with Gasteiger partial charge < -0.3 is 9.47 Å². The van der Waals surface area contributed by atoms with E-state index in [-0.39, 0.29) is 11.0 Å². The van der Waals surface area contributed by atoms with E-state index in [0.29, 0.717) is 11.5 Å². The molecule has 4 nitrogen and oxygen atoms in total. The molecule has 0 fully saturated rings. The average molecular weight is 251 g/mol. The fourth-order valence-electron chi connectivity index (χ4n) is 1.34. The molecule has 1 heterocycles. The lowest BCUT2D eigenvalue weighted by molar-refractivity contribution is 0.373. The zero-order valence-corrected chi connectivity index (χ0v) is 10.2. The number of hydrogen-bond donors (Lipinski definition) is 0. The van der Waals surface area contributed by atoms with Crippen molar-refractivity contribution in [3.63, 3.8) is 0 Å². The van der Waals surface area contributed by atoms with Crippen LogP contribution in [0.4, 0.5) is 0 Å². The number of halogens is 1. The molecule has 0 bridgehead atoms. The van der Waals surface area contributed by atoms with Crippen LogP contribution in [-0.2, 0) is 0 Å². The van der Waals surface area contributed by atoms with E-state index in [0.717, 1.165) is 5.56 Å². The average Bonchev–Trinajstić information content (AvgIpc) is 2.34. The van der Waals surface area contributed by atoms with Crippen LogP contribution >= 0.6 is 11.6 Å². The van der Waals surface area contributed by atoms with E-state index >= 15 is 0 Å². The second-order valence-corrected chi connectivity index (χ2v) is 3.77. The minimum absolute atomic E-state index is 0.218. The summed E-state index contributed by atoms with van der Waals surface area (Å²) in [6.45, 7) is 1.97. The smallest absolute Gasteiger partial charge is 0.257 e. The number of methoxy groups -OCH3 is 1. The van der Waals surface area contributed by atoms with Crippen LogP contribution in [0.1, 0.15) is 5.56 Å².